The van der Waals surface area contributed by atoms with E-state index < -0.39 is 5.92 Å². The smallest absolute Gasteiger partial charge is 0.257 e. The highest BCUT2D eigenvalue weighted by Gasteiger charge is 2.35. The standard InChI is InChI=1S/C19H18F2N4O/c20-19(21)7-4-14(5-8-19)23-18(26)16-11-22-9-6-17(16)25-12-15-3-1-2-10-24(15)13-25/h1-3,6,9-14H,4-5,7-8H2/p+1. The average Bonchev–Trinajstić information content (AvgIpc) is 3.07. The maximum absolute atomic E-state index is 13.3. The summed E-state index contributed by atoms with van der Waals surface area (Å²) in [6, 6.07) is 7.38. The summed E-state index contributed by atoms with van der Waals surface area (Å²) >= 11 is 0. The molecule has 1 N–H and O–H groups in total. The number of nitrogens with one attached hydrogen (secondary N) is 1. The zero-order chi connectivity index (χ0) is 18.1. The molecule has 1 saturated carbocycles. The van der Waals surface area contributed by atoms with Gasteiger partial charge in [0.15, 0.2) is 5.52 Å². The van der Waals surface area contributed by atoms with Crippen LogP contribution in [0.5, 0.6) is 0 Å². The third-order valence-electron chi connectivity index (χ3n) is 4.82. The van der Waals surface area contributed by atoms with E-state index in [4.69, 9.17) is 0 Å². The molecule has 4 rings (SSSR count). The number of pyridine rings is 2. The van der Waals surface area contributed by atoms with Crippen molar-refractivity contribution in [3.8, 4) is 5.69 Å². The topological polar surface area (TPSA) is 50.3 Å². The van der Waals surface area contributed by atoms with Crippen molar-refractivity contribution in [1.82, 2.24) is 14.7 Å². The second-order valence-electron chi connectivity index (χ2n) is 6.68. The van der Waals surface area contributed by atoms with Crippen molar-refractivity contribution in [1.29, 1.82) is 0 Å². The van der Waals surface area contributed by atoms with Gasteiger partial charge in [0, 0.05) is 37.3 Å². The number of nitrogens with zero attached hydrogens (tertiary/aromatic N) is 3. The largest absolute Gasteiger partial charge is 0.349 e. The van der Waals surface area contributed by atoms with Crippen LogP contribution in [-0.4, -0.2) is 27.3 Å². The van der Waals surface area contributed by atoms with Gasteiger partial charge in [0.05, 0.1) is 6.20 Å². The van der Waals surface area contributed by atoms with Gasteiger partial charge in [-0.25, -0.2) is 17.7 Å². The average molecular weight is 357 g/mol. The number of fused-ring (bicyclic) bond motifs is 1. The highest BCUT2D eigenvalue weighted by atomic mass is 19.3. The number of imidazole rings is 1. The Morgan fingerprint density at radius 1 is 1.27 bits per heavy atom. The minimum atomic E-state index is -2.61. The van der Waals surface area contributed by atoms with E-state index in [2.05, 4.69) is 10.3 Å². The molecule has 0 radical (unpaired) electrons. The fourth-order valence-electron chi connectivity index (χ4n) is 3.36. The number of rotatable bonds is 3. The van der Waals surface area contributed by atoms with Crippen LogP contribution in [0.3, 0.4) is 0 Å². The number of carbonyl (C=O) groups excluding carboxylic acids is 1. The molecular weight excluding hydrogens is 338 g/mol. The quantitative estimate of drug-likeness (QED) is 0.733. The van der Waals surface area contributed by atoms with Crippen LogP contribution in [0.4, 0.5) is 8.78 Å². The van der Waals surface area contributed by atoms with E-state index in [1.54, 1.807) is 12.3 Å². The van der Waals surface area contributed by atoms with Crippen molar-refractivity contribution in [2.45, 2.75) is 37.6 Å². The third kappa shape index (κ3) is 3.29. The summed E-state index contributed by atoms with van der Waals surface area (Å²) in [6.45, 7) is 0. The van der Waals surface area contributed by atoms with E-state index in [1.807, 2.05) is 45.9 Å². The lowest BCUT2D eigenvalue weighted by molar-refractivity contribution is -0.594. The van der Waals surface area contributed by atoms with Crippen LogP contribution in [0.1, 0.15) is 36.0 Å². The molecule has 1 aliphatic rings. The number of aromatic nitrogens is 3. The molecule has 0 aromatic carbocycles. The Morgan fingerprint density at radius 2 is 2.08 bits per heavy atom. The summed E-state index contributed by atoms with van der Waals surface area (Å²) in [5, 5.41) is 2.88. The molecule has 0 spiro atoms. The minimum Gasteiger partial charge on any atom is -0.349 e. The first kappa shape index (κ1) is 16.6. The molecule has 7 heteroatoms. The van der Waals surface area contributed by atoms with Crippen molar-refractivity contribution in [3.05, 3.63) is 60.9 Å². The molecule has 0 bridgehead atoms. The van der Waals surface area contributed by atoms with E-state index in [1.165, 1.54) is 6.20 Å². The number of hydrogen-bond donors (Lipinski definition) is 1. The molecule has 1 amide bonds. The van der Waals surface area contributed by atoms with Crippen LogP contribution in [0.15, 0.2) is 55.4 Å². The van der Waals surface area contributed by atoms with E-state index in [9.17, 15) is 13.6 Å². The lowest BCUT2D eigenvalue weighted by atomic mass is 9.92. The van der Waals surface area contributed by atoms with Gasteiger partial charge in [-0.2, -0.15) is 0 Å². The Morgan fingerprint density at radius 3 is 2.85 bits per heavy atom. The Balaban J connectivity index is 1.58. The minimum absolute atomic E-state index is 0.183. The molecule has 5 nitrogen and oxygen atoms in total. The normalized spacial score (nSPS) is 17.3. The van der Waals surface area contributed by atoms with Gasteiger partial charge in [-0.3, -0.25) is 9.78 Å². The van der Waals surface area contributed by atoms with Gasteiger partial charge in [0.1, 0.15) is 17.4 Å². The molecule has 26 heavy (non-hydrogen) atoms. The molecule has 1 fully saturated rings. The highest BCUT2D eigenvalue weighted by molar-refractivity contribution is 5.96. The summed E-state index contributed by atoms with van der Waals surface area (Å²) in [5.74, 6) is -2.89. The van der Waals surface area contributed by atoms with Crippen molar-refractivity contribution < 1.29 is 18.1 Å². The molecular formula is C19H19F2N4O+. The monoisotopic (exact) mass is 357 g/mol. The third-order valence-corrected chi connectivity index (χ3v) is 4.82. The van der Waals surface area contributed by atoms with Crippen LogP contribution in [0.25, 0.3) is 11.2 Å². The first-order valence-corrected chi connectivity index (χ1v) is 8.63. The summed E-state index contributed by atoms with van der Waals surface area (Å²) in [5.41, 5.74) is 2.11. The van der Waals surface area contributed by atoms with Gasteiger partial charge in [0.2, 0.25) is 5.92 Å². The van der Waals surface area contributed by atoms with Gasteiger partial charge in [0.25, 0.3) is 12.2 Å². The number of halogens is 2. The molecule has 0 atom stereocenters. The van der Waals surface area contributed by atoms with Crippen LogP contribution in [-0.2, 0) is 0 Å². The van der Waals surface area contributed by atoms with Crippen molar-refractivity contribution in [3.63, 3.8) is 0 Å². The van der Waals surface area contributed by atoms with E-state index in [0.717, 1.165) is 5.52 Å². The van der Waals surface area contributed by atoms with Crippen molar-refractivity contribution >= 4 is 11.4 Å². The molecule has 0 aliphatic heterocycles. The van der Waals surface area contributed by atoms with Gasteiger partial charge < -0.3 is 5.32 Å². The fraction of sp³-hybridized carbons (Fsp3) is 0.316. The van der Waals surface area contributed by atoms with Gasteiger partial charge in [-0.1, -0.05) is 6.07 Å². The van der Waals surface area contributed by atoms with Crippen LogP contribution < -0.4 is 9.88 Å². The number of hydrogen-bond acceptors (Lipinski definition) is 2. The summed E-state index contributed by atoms with van der Waals surface area (Å²) < 4.78 is 30.4. The molecule has 3 aromatic rings. The Hall–Kier alpha value is -2.83. The summed E-state index contributed by atoms with van der Waals surface area (Å²) in [4.78, 5) is 16.8. The van der Waals surface area contributed by atoms with Gasteiger partial charge in [-0.05, 0) is 25.0 Å². The highest BCUT2D eigenvalue weighted by Crippen LogP contribution is 2.33. The zero-order valence-electron chi connectivity index (χ0n) is 14.1. The number of amides is 1. The summed E-state index contributed by atoms with van der Waals surface area (Å²) in [7, 11) is 0. The number of alkyl halides is 2. The molecule has 1 aliphatic carbocycles. The predicted octanol–water partition coefficient (Wildman–Crippen LogP) is 2.92. The lowest BCUT2D eigenvalue weighted by Gasteiger charge is -2.28. The maximum Gasteiger partial charge on any atom is 0.257 e. The van der Waals surface area contributed by atoms with Crippen molar-refractivity contribution in [2.24, 2.45) is 0 Å². The SMILES string of the molecule is O=C(NC1CCC(F)(F)CC1)c1cnccc1-[n+]1cc2ccccn2c1. The van der Waals surface area contributed by atoms with Gasteiger partial charge >= 0.3 is 0 Å². The first-order valence-electron chi connectivity index (χ1n) is 8.63. The maximum atomic E-state index is 13.3. The first-order chi connectivity index (χ1) is 12.5. The van der Waals surface area contributed by atoms with Crippen LogP contribution in [0.2, 0.25) is 0 Å². The molecule has 134 valence electrons. The molecule has 3 heterocycles. The Labute approximate surface area is 149 Å². The fourth-order valence-corrected chi connectivity index (χ4v) is 3.36. The predicted molar refractivity (Wildman–Crippen MR) is 91.4 cm³/mol. The second-order valence-corrected chi connectivity index (χ2v) is 6.68. The van der Waals surface area contributed by atoms with E-state index >= 15 is 0 Å². The number of carbonyl (C=O) groups is 1. The van der Waals surface area contributed by atoms with E-state index in [-0.39, 0.29) is 37.6 Å². The van der Waals surface area contributed by atoms with Crippen molar-refractivity contribution in [2.75, 3.05) is 0 Å². The second kappa shape index (κ2) is 6.48. The molecule has 3 aromatic heterocycles. The Kier molecular flexibility index (Phi) is 4.14. The Bertz CT molecular complexity index is 910. The van der Waals surface area contributed by atoms with Crippen LogP contribution in [0, 0.1) is 0 Å². The molecule has 0 saturated heterocycles. The van der Waals surface area contributed by atoms with Gasteiger partial charge in [-0.15, -0.1) is 0 Å². The molecule has 0 unspecified atom stereocenters. The zero-order valence-corrected chi connectivity index (χ0v) is 14.1. The van der Waals surface area contributed by atoms with Crippen LogP contribution >= 0.6 is 0 Å². The van der Waals surface area contributed by atoms with E-state index in [0.29, 0.717) is 11.3 Å². The summed E-state index contributed by atoms with van der Waals surface area (Å²) in [6.07, 6.45) is 9.08. The lowest BCUT2D eigenvalue weighted by Crippen LogP contribution is -2.41.